The molecule has 1 fully saturated rings. The lowest BCUT2D eigenvalue weighted by atomic mass is 9.82. The minimum absolute atomic E-state index is 0.172. The van der Waals surface area contributed by atoms with Crippen molar-refractivity contribution in [2.75, 3.05) is 13.7 Å². The van der Waals surface area contributed by atoms with Crippen LogP contribution in [-0.4, -0.2) is 24.9 Å². The van der Waals surface area contributed by atoms with Gasteiger partial charge in [-0.15, -0.1) is 0 Å². The molecular weight excluding hydrogens is 252 g/mol. The molecule has 1 aliphatic rings. The second-order valence-corrected chi connectivity index (χ2v) is 5.61. The molecule has 1 N–H and O–H groups in total. The van der Waals surface area contributed by atoms with Gasteiger partial charge in [0.1, 0.15) is 0 Å². The first-order valence-corrected chi connectivity index (χ1v) is 7.73. The molecule has 20 heavy (non-hydrogen) atoms. The molecule has 1 aromatic rings. The predicted octanol–water partition coefficient (Wildman–Crippen LogP) is 3.58. The van der Waals surface area contributed by atoms with E-state index in [1.807, 2.05) is 12.1 Å². The summed E-state index contributed by atoms with van der Waals surface area (Å²) in [6.07, 6.45) is 6.08. The highest BCUT2D eigenvalue weighted by Gasteiger charge is 2.25. The Kier molecular flexibility index (Phi) is 5.72. The Labute approximate surface area is 121 Å². The highest BCUT2D eigenvalue weighted by atomic mass is 16.5. The molecule has 3 heteroatoms. The summed E-state index contributed by atoms with van der Waals surface area (Å²) in [5, 5.41) is 10.2. The van der Waals surface area contributed by atoms with Crippen LogP contribution < -0.4 is 9.47 Å². The van der Waals surface area contributed by atoms with Crippen molar-refractivity contribution in [3.8, 4) is 11.5 Å². The third-order valence-corrected chi connectivity index (χ3v) is 4.08. The minimum atomic E-state index is -0.172. The summed E-state index contributed by atoms with van der Waals surface area (Å²) in [5.74, 6) is 2.00. The number of hydrogen-bond donors (Lipinski definition) is 1. The lowest BCUT2D eigenvalue weighted by Crippen LogP contribution is -2.26. The van der Waals surface area contributed by atoms with Crippen LogP contribution in [-0.2, 0) is 6.42 Å². The quantitative estimate of drug-likeness (QED) is 0.864. The summed E-state index contributed by atoms with van der Waals surface area (Å²) in [4.78, 5) is 0. The zero-order chi connectivity index (χ0) is 14.4. The molecule has 0 aliphatic heterocycles. The van der Waals surface area contributed by atoms with Gasteiger partial charge in [0, 0.05) is 0 Å². The molecule has 1 aliphatic carbocycles. The smallest absolute Gasteiger partial charge is 0.164 e. The first-order valence-electron chi connectivity index (χ1n) is 7.73. The summed E-state index contributed by atoms with van der Waals surface area (Å²) in [6, 6.07) is 6.03. The van der Waals surface area contributed by atoms with E-state index in [1.54, 1.807) is 7.11 Å². The minimum Gasteiger partial charge on any atom is -0.493 e. The molecule has 2 unspecified atom stereocenters. The summed E-state index contributed by atoms with van der Waals surface area (Å²) in [6.45, 7) is 2.79. The number of aliphatic hydroxyl groups excluding tert-OH is 1. The molecule has 0 aromatic heterocycles. The van der Waals surface area contributed by atoms with Gasteiger partial charge in [-0.2, -0.15) is 0 Å². The lowest BCUT2D eigenvalue weighted by molar-refractivity contribution is 0.0696. The number of ether oxygens (including phenoxy) is 2. The van der Waals surface area contributed by atoms with E-state index in [0.717, 1.165) is 49.2 Å². The van der Waals surface area contributed by atoms with E-state index in [-0.39, 0.29) is 6.10 Å². The van der Waals surface area contributed by atoms with Crippen molar-refractivity contribution >= 4 is 0 Å². The van der Waals surface area contributed by atoms with Crippen molar-refractivity contribution in [3.05, 3.63) is 23.8 Å². The molecule has 3 nitrogen and oxygen atoms in total. The standard InChI is InChI=1S/C17H26O3/c1-3-11-20-17-14(8-6-10-16(17)19-2)12-13-7-4-5-9-15(13)18/h6,8,10,13,15,18H,3-5,7,9,11-12H2,1-2H3. The molecule has 0 amide bonds. The number of rotatable bonds is 6. The molecule has 0 bridgehead atoms. The van der Waals surface area contributed by atoms with Crippen LogP contribution in [0, 0.1) is 5.92 Å². The first-order chi connectivity index (χ1) is 9.76. The Balaban J connectivity index is 2.16. The van der Waals surface area contributed by atoms with Gasteiger partial charge in [0.05, 0.1) is 19.8 Å². The molecule has 2 atom stereocenters. The maximum atomic E-state index is 10.2. The third-order valence-electron chi connectivity index (χ3n) is 4.08. The van der Waals surface area contributed by atoms with Crippen molar-refractivity contribution in [2.45, 2.75) is 51.6 Å². The number of para-hydroxylation sites is 1. The van der Waals surface area contributed by atoms with Crippen LogP contribution in [0.1, 0.15) is 44.6 Å². The van der Waals surface area contributed by atoms with E-state index >= 15 is 0 Å². The van der Waals surface area contributed by atoms with Crippen LogP contribution in [0.25, 0.3) is 0 Å². The fourth-order valence-corrected chi connectivity index (χ4v) is 2.96. The Morgan fingerprint density at radius 3 is 2.75 bits per heavy atom. The van der Waals surface area contributed by atoms with E-state index in [2.05, 4.69) is 13.0 Å². The van der Waals surface area contributed by atoms with Crippen LogP contribution in [0.2, 0.25) is 0 Å². The fraction of sp³-hybridized carbons (Fsp3) is 0.647. The Morgan fingerprint density at radius 1 is 1.25 bits per heavy atom. The van der Waals surface area contributed by atoms with Gasteiger partial charge in [-0.05, 0) is 43.2 Å². The van der Waals surface area contributed by atoms with Crippen LogP contribution >= 0.6 is 0 Å². The van der Waals surface area contributed by atoms with Crippen LogP contribution in [0.3, 0.4) is 0 Å². The number of benzene rings is 1. The van der Waals surface area contributed by atoms with E-state index in [4.69, 9.17) is 9.47 Å². The molecule has 2 rings (SSSR count). The van der Waals surface area contributed by atoms with Gasteiger partial charge in [0.25, 0.3) is 0 Å². The van der Waals surface area contributed by atoms with Crippen molar-refractivity contribution in [1.29, 1.82) is 0 Å². The fourth-order valence-electron chi connectivity index (χ4n) is 2.96. The van der Waals surface area contributed by atoms with E-state index in [0.29, 0.717) is 12.5 Å². The highest BCUT2D eigenvalue weighted by molar-refractivity contribution is 5.46. The van der Waals surface area contributed by atoms with E-state index in [9.17, 15) is 5.11 Å². The van der Waals surface area contributed by atoms with Gasteiger partial charge >= 0.3 is 0 Å². The number of hydrogen-bond acceptors (Lipinski definition) is 3. The highest BCUT2D eigenvalue weighted by Crippen LogP contribution is 2.35. The second kappa shape index (κ2) is 7.53. The van der Waals surface area contributed by atoms with Crippen LogP contribution in [0.4, 0.5) is 0 Å². The molecule has 0 spiro atoms. The third kappa shape index (κ3) is 3.66. The van der Waals surface area contributed by atoms with Gasteiger partial charge in [-0.1, -0.05) is 31.9 Å². The lowest BCUT2D eigenvalue weighted by Gasteiger charge is -2.28. The molecule has 0 radical (unpaired) electrons. The SMILES string of the molecule is CCCOc1c(CC2CCCCC2O)cccc1OC. The Morgan fingerprint density at radius 2 is 2.05 bits per heavy atom. The normalized spacial score (nSPS) is 22.6. The molecular formula is C17H26O3. The van der Waals surface area contributed by atoms with Crippen molar-refractivity contribution in [3.63, 3.8) is 0 Å². The molecule has 0 saturated heterocycles. The summed E-state index contributed by atoms with van der Waals surface area (Å²) in [7, 11) is 1.67. The maximum absolute atomic E-state index is 10.2. The van der Waals surface area contributed by atoms with E-state index in [1.165, 1.54) is 6.42 Å². The number of methoxy groups -OCH3 is 1. The maximum Gasteiger partial charge on any atom is 0.164 e. The van der Waals surface area contributed by atoms with Crippen molar-refractivity contribution < 1.29 is 14.6 Å². The molecule has 1 saturated carbocycles. The Bertz CT molecular complexity index is 417. The summed E-state index contributed by atoms with van der Waals surface area (Å²) >= 11 is 0. The molecule has 0 heterocycles. The van der Waals surface area contributed by atoms with Crippen LogP contribution in [0.5, 0.6) is 11.5 Å². The topological polar surface area (TPSA) is 38.7 Å². The first kappa shape index (κ1) is 15.2. The van der Waals surface area contributed by atoms with Gasteiger partial charge in [0.15, 0.2) is 11.5 Å². The van der Waals surface area contributed by atoms with Gasteiger partial charge in [0.2, 0.25) is 0 Å². The van der Waals surface area contributed by atoms with Crippen LogP contribution in [0.15, 0.2) is 18.2 Å². The Hall–Kier alpha value is -1.22. The zero-order valence-corrected chi connectivity index (χ0v) is 12.6. The summed E-state index contributed by atoms with van der Waals surface area (Å²) in [5.41, 5.74) is 1.16. The predicted molar refractivity (Wildman–Crippen MR) is 80.4 cm³/mol. The molecule has 1 aromatic carbocycles. The van der Waals surface area contributed by atoms with Gasteiger partial charge < -0.3 is 14.6 Å². The average Bonchev–Trinajstić information content (AvgIpc) is 2.48. The van der Waals surface area contributed by atoms with Crippen molar-refractivity contribution in [2.24, 2.45) is 5.92 Å². The number of aliphatic hydroxyl groups is 1. The zero-order valence-electron chi connectivity index (χ0n) is 12.6. The van der Waals surface area contributed by atoms with Gasteiger partial charge in [-0.3, -0.25) is 0 Å². The monoisotopic (exact) mass is 278 g/mol. The average molecular weight is 278 g/mol. The van der Waals surface area contributed by atoms with Crippen molar-refractivity contribution in [1.82, 2.24) is 0 Å². The van der Waals surface area contributed by atoms with E-state index < -0.39 is 0 Å². The molecule has 112 valence electrons. The second-order valence-electron chi connectivity index (χ2n) is 5.61. The summed E-state index contributed by atoms with van der Waals surface area (Å²) < 4.78 is 11.3. The largest absolute Gasteiger partial charge is 0.493 e. The van der Waals surface area contributed by atoms with Gasteiger partial charge in [-0.25, -0.2) is 0 Å².